The molecule has 10 heavy (non-hydrogen) atoms. The highest BCUT2D eigenvalue weighted by atomic mass is 16.3. The largest absolute Gasteiger partial charge is 0.396 e. The van der Waals surface area contributed by atoms with Crippen LogP contribution in [0, 0.1) is 5.41 Å². The van der Waals surface area contributed by atoms with E-state index in [0.717, 1.165) is 19.5 Å². The molecule has 0 bridgehead atoms. The highest BCUT2D eigenvalue weighted by molar-refractivity contribution is 4.87. The molecular weight excluding hydrogens is 130 g/mol. The van der Waals surface area contributed by atoms with E-state index in [2.05, 4.69) is 4.90 Å². The lowest BCUT2D eigenvalue weighted by atomic mass is 9.90. The van der Waals surface area contributed by atoms with E-state index in [1.807, 2.05) is 7.05 Å². The topological polar surface area (TPSA) is 43.7 Å². The second-order valence-electron chi connectivity index (χ2n) is 3.30. The van der Waals surface area contributed by atoms with Crippen molar-refractivity contribution in [2.24, 2.45) is 5.41 Å². The Morgan fingerprint density at radius 2 is 2.00 bits per heavy atom. The summed E-state index contributed by atoms with van der Waals surface area (Å²) in [5.74, 6) is 0. The Morgan fingerprint density at radius 1 is 1.40 bits per heavy atom. The minimum absolute atomic E-state index is 0.105. The summed E-state index contributed by atoms with van der Waals surface area (Å²) in [6.07, 6.45) is 0.913. The van der Waals surface area contributed by atoms with Gasteiger partial charge >= 0.3 is 0 Å². The van der Waals surface area contributed by atoms with Gasteiger partial charge in [-0.15, -0.1) is 0 Å². The van der Waals surface area contributed by atoms with E-state index in [-0.39, 0.29) is 18.6 Å². The minimum Gasteiger partial charge on any atom is -0.396 e. The molecule has 0 unspecified atom stereocenters. The fraction of sp³-hybridized carbons (Fsp3) is 1.00. The molecule has 0 radical (unpaired) electrons. The standard InChI is InChI=1S/C7H15NO2/c1-8-3-2-7(4-8,5-9)6-10/h9-10H,2-6H2,1H3. The molecule has 0 atom stereocenters. The van der Waals surface area contributed by atoms with Crippen LogP contribution in [0.15, 0.2) is 0 Å². The van der Waals surface area contributed by atoms with Gasteiger partial charge in [-0.1, -0.05) is 0 Å². The van der Waals surface area contributed by atoms with Crippen LogP contribution < -0.4 is 0 Å². The predicted molar refractivity (Wildman–Crippen MR) is 38.7 cm³/mol. The lowest BCUT2D eigenvalue weighted by molar-refractivity contribution is 0.0636. The van der Waals surface area contributed by atoms with Crippen molar-refractivity contribution >= 4 is 0 Å². The summed E-state index contributed by atoms with van der Waals surface area (Å²) >= 11 is 0. The Labute approximate surface area is 61.3 Å². The van der Waals surface area contributed by atoms with Gasteiger partial charge in [-0.05, 0) is 20.0 Å². The van der Waals surface area contributed by atoms with Gasteiger partial charge in [-0.3, -0.25) is 0 Å². The molecule has 0 aromatic heterocycles. The quantitative estimate of drug-likeness (QED) is 0.539. The molecule has 1 rings (SSSR count). The summed E-state index contributed by atoms with van der Waals surface area (Å²) in [7, 11) is 2.01. The van der Waals surface area contributed by atoms with E-state index in [0.29, 0.717) is 0 Å². The molecule has 1 saturated heterocycles. The van der Waals surface area contributed by atoms with Crippen molar-refractivity contribution in [3.05, 3.63) is 0 Å². The average molecular weight is 145 g/mol. The van der Waals surface area contributed by atoms with E-state index in [1.54, 1.807) is 0 Å². The third kappa shape index (κ3) is 1.31. The Balaban J connectivity index is 2.51. The van der Waals surface area contributed by atoms with Gasteiger partial charge in [0.2, 0.25) is 0 Å². The van der Waals surface area contributed by atoms with Crippen molar-refractivity contribution < 1.29 is 10.2 Å². The van der Waals surface area contributed by atoms with Crippen molar-refractivity contribution in [1.29, 1.82) is 0 Å². The summed E-state index contributed by atoms with van der Waals surface area (Å²) in [5.41, 5.74) is -0.214. The number of hydrogen-bond donors (Lipinski definition) is 2. The monoisotopic (exact) mass is 145 g/mol. The van der Waals surface area contributed by atoms with Crippen molar-refractivity contribution in [1.82, 2.24) is 4.90 Å². The van der Waals surface area contributed by atoms with E-state index in [9.17, 15) is 0 Å². The molecule has 0 amide bonds. The molecule has 3 heteroatoms. The van der Waals surface area contributed by atoms with Crippen LogP contribution in [0.3, 0.4) is 0 Å². The number of nitrogens with zero attached hydrogens (tertiary/aromatic N) is 1. The van der Waals surface area contributed by atoms with E-state index in [1.165, 1.54) is 0 Å². The SMILES string of the molecule is CN1CCC(CO)(CO)C1. The number of rotatable bonds is 2. The zero-order valence-corrected chi connectivity index (χ0v) is 6.38. The minimum atomic E-state index is -0.214. The van der Waals surface area contributed by atoms with Gasteiger partial charge in [0.1, 0.15) is 0 Å². The third-order valence-corrected chi connectivity index (χ3v) is 2.30. The number of aliphatic hydroxyl groups is 2. The Kier molecular flexibility index (Phi) is 2.28. The second-order valence-corrected chi connectivity index (χ2v) is 3.30. The van der Waals surface area contributed by atoms with Crippen LogP contribution in [0.5, 0.6) is 0 Å². The lowest BCUT2D eigenvalue weighted by Gasteiger charge is -2.22. The van der Waals surface area contributed by atoms with Gasteiger partial charge in [0, 0.05) is 12.0 Å². The molecule has 0 spiro atoms. The number of aliphatic hydroxyl groups excluding tert-OH is 2. The molecule has 1 fully saturated rings. The summed E-state index contributed by atoms with van der Waals surface area (Å²) < 4.78 is 0. The maximum atomic E-state index is 8.95. The van der Waals surface area contributed by atoms with Crippen molar-refractivity contribution in [2.45, 2.75) is 6.42 Å². The molecule has 0 aromatic rings. The van der Waals surface area contributed by atoms with Crippen LogP contribution in [0.2, 0.25) is 0 Å². The van der Waals surface area contributed by atoms with Crippen molar-refractivity contribution in [3.8, 4) is 0 Å². The van der Waals surface area contributed by atoms with E-state index in [4.69, 9.17) is 10.2 Å². The zero-order chi connectivity index (χ0) is 7.61. The summed E-state index contributed by atoms with van der Waals surface area (Å²) in [4.78, 5) is 2.13. The molecule has 0 aliphatic carbocycles. The zero-order valence-electron chi connectivity index (χ0n) is 6.38. The van der Waals surface area contributed by atoms with E-state index < -0.39 is 0 Å². The van der Waals surface area contributed by atoms with Gasteiger partial charge in [-0.25, -0.2) is 0 Å². The Bertz CT molecular complexity index is 112. The van der Waals surface area contributed by atoms with Gasteiger partial charge in [-0.2, -0.15) is 0 Å². The molecule has 60 valence electrons. The summed E-state index contributed by atoms with van der Waals surface area (Å²) in [6.45, 7) is 2.02. The van der Waals surface area contributed by atoms with Crippen molar-refractivity contribution in [2.75, 3.05) is 33.4 Å². The normalized spacial score (nSPS) is 25.5. The fourth-order valence-corrected chi connectivity index (χ4v) is 1.47. The van der Waals surface area contributed by atoms with Crippen LogP contribution in [0.25, 0.3) is 0 Å². The Hall–Kier alpha value is -0.120. The van der Waals surface area contributed by atoms with Crippen LogP contribution in [0.1, 0.15) is 6.42 Å². The second kappa shape index (κ2) is 2.86. The third-order valence-electron chi connectivity index (χ3n) is 2.30. The maximum Gasteiger partial charge on any atom is 0.0522 e. The lowest BCUT2D eigenvalue weighted by Crippen LogP contribution is -2.32. The van der Waals surface area contributed by atoms with Crippen molar-refractivity contribution in [3.63, 3.8) is 0 Å². The summed E-state index contributed by atoms with van der Waals surface area (Å²) in [6, 6.07) is 0. The first kappa shape index (κ1) is 7.98. The molecule has 1 aliphatic rings. The molecule has 3 nitrogen and oxygen atoms in total. The van der Waals surface area contributed by atoms with Gasteiger partial charge in [0.15, 0.2) is 0 Å². The first-order valence-electron chi connectivity index (χ1n) is 3.63. The Morgan fingerprint density at radius 3 is 2.20 bits per heavy atom. The van der Waals surface area contributed by atoms with Crippen LogP contribution >= 0.6 is 0 Å². The highest BCUT2D eigenvalue weighted by Gasteiger charge is 2.35. The predicted octanol–water partition coefficient (Wildman–Crippen LogP) is -0.707. The highest BCUT2D eigenvalue weighted by Crippen LogP contribution is 2.27. The molecule has 1 aliphatic heterocycles. The number of likely N-dealkylation sites (tertiary alicyclic amines) is 1. The molecule has 1 heterocycles. The first-order chi connectivity index (χ1) is 4.72. The van der Waals surface area contributed by atoms with Crippen LogP contribution in [0.4, 0.5) is 0 Å². The average Bonchev–Trinajstić information content (AvgIpc) is 2.33. The summed E-state index contributed by atoms with van der Waals surface area (Å²) in [5, 5.41) is 17.9. The maximum absolute atomic E-state index is 8.95. The fourth-order valence-electron chi connectivity index (χ4n) is 1.47. The molecule has 0 aromatic carbocycles. The van der Waals surface area contributed by atoms with Crippen LogP contribution in [-0.2, 0) is 0 Å². The van der Waals surface area contributed by atoms with E-state index >= 15 is 0 Å². The van der Waals surface area contributed by atoms with Gasteiger partial charge in [0.05, 0.1) is 13.2 Å². The van der Waals surface area contributed by atoms with Crippen LogP contribution in [-0.4, -0.2) is 48.5 Å². The smallest absolute Gasteiger partial charge is 0.0522 e. The number of hydrogen-bond acceptors (Lipinski definition) is 3. The molecule has 2 N–H and O–H groups in total. The molecular formula is C7H15NO2. The van der Waals surface area contributed by atoms with Gasteiger partial charge < -0.3 is 15.1 Å². The first-order valence-corrected chi connectivity index (χ1v) is 3.63. The van der Waals surface area contributed by atoms with Gasteiger partial charge in [0.25, 0.3) is 0 Å². The molecule has 0 saturated carbocycles.